The van der Waals surface area contributed by atoms with E-state index < -0.39 is 0 Å². The molecule has 0 spiro atoms. The predicted molar refractivity (Wildman–Crippen MR) is 135 cm³/mol. The second-order valence-electron chi connectivity index (χ2n) is 9.52. The van der Waals surface area contributed by atoms with E-state index in [4.69, 9.17) is 15.5 Å². The first-order valence-corrected chi connectivity index (χ1v) is 12.2. The molecule has 4 heterocycles. The zero-order valence-electron chi connectivity index (χ0n) is 20.3. The molecule has 2 aliphatic rings. The van der Waals surface area contributed by atoms with Crippen molar-refractivity contribution in [1.29, 1.82) is 0 Å². The predicted octanol–water partition coefficient (Wildman–Crippen LogP) is 4.54. The van der Waals surface area contributed by atoms with E-state index in [1.54, 1.807) is 12.4 Å². The Balaban J connectivity index is 1.39. The maximum atomic E-state index is 6.14. The number of benzene rings is 1. The van der Waals surface area contributed by atoms with Crippen LogP contribution in [0.25, 0.3) is 11.3 Å². The number of aromatic nitrogens is 4. The number of piperidine rings is 1. The molecule has 5 rings (SSSR count). The maximum absolute atomic E-state index is 6.14. The summed E-state index contributed by atoms with van der Waals surface area (Å²) in [5.41, 5.74) is 10.3. The van der Waals surface area contributed by atoms with Crippen LogP contribution in [0.5, 0.6) is 11.6 Å². The van der Waals surface area contributed by atoms with Gasteiger partial charge in [-0.15, -0.1) is 0 Å². The van der Waals surface area contributed by atoms with E-state index in [0.717, 1.165) is 49.3 Å². The third-order valence-electron chi connectivity index (χ3n) is 7.08. The van der Waals surface area contributed by atoms with Gasteiger partial charge in [-0.25, -0.2) is 9.97 Å². The summed E-state index contributed by atoms with van der Waals surface area (Å²) in [6.45, 7) is 7.58. The average molecular weight is 461 g/mol. The summed E-state index contributed by atoms with van der Waals surface area (Å²) < 4.78 is 8.06. The van der Waals surface area contributed by atoms with Crippen molar-refractivity contribution >= 4 is 11.5 Å². The lowest BCUT2D eigenvalue weighted by molar-refractivity contribution is 0.212. The van der Waals surface area contributed by atoms with E-state index >= 15 is 0 Å². The van der Waals surface area contributed by atoms with E-state index in [1.165, 1.54) is 18.5 Å². The van der Waals surface area contributed by atoms with Gasteiger partial charge in [0.2, 0.25) is 0 Å². The third-order valence-corrected chi connectivity index (χ3v) is 7.08. The molecule has 0 unspecified atom stereocenters. The van der Waals surface area contributed by atoms with Gasteiger partial charge in [0.1, 0.15) is 0 Å². The van der Waals surface area contributed by atoms with Gasteiger partial charge in [-0.3, -0.25) is 4.68 Å². The van der Waals surface area contributed by atoms with Crippen molar-refractivity contribution in [2.75, 3.05) is 37.3 Å². The maximum Gasteiger partial charge on any atom is 0.263 e. The Bertz CT molecular complexity index is 1140. The molecule has 0 bridgehead atoms. The van der Waals surface area contributed by atoms with Crippen LogP contribution in [0.3, 0.4) is 0 Å². The summed E-state index contributed by atoms with van der Waals surface area (Å²) in [6.07, 6.45) is 12.1. The van der Waals surface area contributed by atoms with Crippen LogP contribution in [0.2, 0.25) is 0 Å². The molecule has 34 heavy (non-hydrogen) atoms. The lowest BCUT2D eigenvalue weighted by atomic mass is 10.0. The summed E-state index contributed by atoms with van der Waals surface area (Å²) in [4.78, 5) is 13.9. The first kappa shape index (κ1) is 22.7. The topological polar surface area (TPSA) is 85.3 Å². The molecule has 1 aromatic carbocycles. The normalized spacial score (nSPS) is 19.6. The second kappa shape index (κ2) is 9.62. The van der Waals surface area contributed by atoms with Gasteiger partial charge in [-0.2, -0.15) is 5.10 Å². The van der Waals surface area contributed by atoms with Crippen molar-refractivity contribution in [2.24, 2.45) is 0 Å². The molecule has 2 fully saturated rings. The van der Waals surface area contributed by atoms with E-state index in [-0.39, 0.29) is 5.82 Å². The Morgan fingerprint density at radius 2 is 1.91 bits per heavy atom. The number of anilines is 2. The van der Waals surface area contributed by atoms with Gasteiger partial charge < -0.3 is 20.3 Å². The Labute approximate surface area is 201 Å². The van der Waals surface area contributed by atoms with Crippen LogP contribution in [0.4, 0.5) is 11.5 Å². The molecule has 1 atom stereocenters. The SMILES string of the molecule is C[CH]c1cc(-c2cnc(N)c(Oc3cnn(C4CCN(C)CC4)c3)n2)cc(N2CCC[C@H]2C)c1. The number of hydrogen-bond acceptors (Lipinski definition) is 7. The number of likely N-dealkylation sites (tertiary alicyclic amines) is 1. The van der Waals surface area contributed by atoms with Gasteiger partial charge >= 0.3 is 0 Å². The Kier molecular flexibility index (Phi) is 6.41. The second-order valence-corrected chi connectivity index (χ2v) is 9.52. The van der Waals surface area contributed by atoms with Crippen LogP contribution >= 0.6 is 0 Å². The van der Waals surface area contributed by atoms with E-state index in [9.17, 15) is 0 Å². The molecule has 0 amide bonds. The van der Waals surface area contributed by atoms with Gasteiger partial charge in [0.05, 0.1) is 30.3 Å². The van der Waals surface area contributed by atoms with Crippen molar-refractivity contribution in [1.82, 2.24) is 24.6 Å². The van der Waals surface area contributed by atoms with E-state index in [2.05, 4.69) is 65.4 Å². The van der Waals surface area contributed by atoms with Crippen molar-refractivity contribution in [2.45, 2.75) is 51.6 Å². The largest absolute Gasteiger partial charge is 0.433 e. The molecule has 3 aromatic rings. The number of nitrogens with two attached hydrogens (primary N) is 1. The highest BCUT2D eigenvalue weighted by Crippen LogP contribution is 2.33. The standard InChI is InChI=1S/C26H34N7O/c1-4-19-12-20(14-22(13-19)32-9-5-6-18(32)2)24-16-28-25(27)26(30-24)34-23-15-29-33(17-23)21-7-10-31(3)11-8-21/h4,12-18,21H,5-11H2,1-3H3,(H2,27,28)/t18-/m1/s1. The molecular weight excluding hydrogens is 426 g/mol. The fourth-order valence-electron chi connectivity index (χ4n) is 4.97. The summed E-state index contributed by atoms with van der Waals surface area (Å²) in [7, 11) is 2.16. The average Bonchev–Trinajstić information content (AvgIpc) is 3.49. The van der Waals surface area contributed by atoms with Gasteiger partial charge in [-0.05, 0) is 82.9 Å². The molecule has 1 radical (unpaired) electrons. The summed E-state index contributed by atoms with van der Waals surface area (Å²) >= 11 is 0. The van der Waals surface area contributed by atoms with Gasteiger partial charge in [0.25, 0.3) is 5.88 Å². The number of nitrogens with zero attached hydrogens (tertiary/aromatic N) is 6. The number of nitrogen functional groups attached to an aromatic ring is 1. The molecular formula is C26H34N7O. The molecule has 2 saturated heterocycles. The van der Waals surface area contributed by atoms with Crippen LogP contribution in [0.1, 0.15) is 51.1 Å². The summed E-state index contributed by atoms with van der Waals surface area (Å²) in [6, 6.07) is 7.49. The Morgan fingerprint density at radius 1 is 1.09 bits per heavy atom. The van der Waals surface area contributed by atoms with E-state index in [0.29, 0.717) is 23.7 Å². The fraction of sp³-hybridized carbons (Fsp3) is 0.462. The van der Waals surface area contributed by atoms with Gasteiger partial charge in [0, 0.05) is 23.8 Å². The minimum Gasteiger partial charge on any atom is -0.433 e. The van der Waals surface area contributed by atoms with Gasteiger partial charge in [0.15, 0.2) is 11.6 Å². The monoisotopic (exact) mass is 460 g/mol. The van der Waals surface area contributed by atoms with Crippen LogP contribution in [-0.4, -0.2) is 57.4 Å². The Morgan fingerprint density at radius 3 is 2.65 bits per heavy atom. The first-order chi connectivity index (χ1) is 16.5. The van der Waals surface area contributed by atoms with Crippen molar-refractivity contribution in [3.05, 3.63) is 48.8 Å². The first-order valence-electron chi connectivity index (χ1n) is 12.2. The molecule has 0 aliphatic carbocycles. The number of ether oxygens (including phenoxy) is 1. The lowest BCUT2D eigenvalue weighted by Crippen LogP contribution is -2.31. The molecule has 8 nitrogen and oxygen atoms in total. The smallest absolute Gasteiger partial charge is 0.263 e. The van der Waals surface area contributed by atoms with Crippen molar-refractivity contribution in [3.8, 4) is 22.9 Å². The minimum absolute atomic E-state index is 0.266. The van der Waals surface area contributed by atoms with Crippen molar-refractivity contribution < 1.29 is 4.74 Å². The highest BCUT2D eigenvalue weighted by atomic mass is 16.5. The number of rotatable bonds is 6. The highest BCUT2D eigenvalue weighted by molar-refractivity contribution is 5.69. The molecule has 2 aromatic heterocycles. The minimum atomic E-state index is 0.266. The quantitative estimate of drug-likeness (QED) is 0.578. The summed E-state index contributed by atoms with van der Waals surface area (Å²) in [5, 5.41) is 4.53. The van der Waals surface area contributed by atoms with Gasteiger partial charge in [-0.1, -0.05) is 6.92 Å². The van der Waals surface area contributed by atoms with Crippen LogP contribution in [0, 0.1) is 6.42 Å². The number of hydrogen-bond donors (Lipinski definition) is 1. The summed E-state index contributed by atoms with van der Waals surface area (Å²) in [5.74, 6) is 1.20. The zero-order chi connectivity index (χ0) is 23.7. The molecule has 2 aliphatic heterocycles. The Hall–Kier alpha value is -3.13. The molecule has 0 saturated carbocycles. The van der Waals surface area contributed by atoms with Crippen LogP contribution < -0.4 is 15.4 Å². The third kappa shape index (κ3) is 4.73. The lowest BCUT2D eigenvalue weighted by Gasteiger charge is -2.28. The van der Waals surface area contributed by atoms with Crippen LogP contribution in [-0.2, 0) is 0 Å². The highest BCUT2D eigenvalue weighted by Gasteiger charge is 2.22. The van der Waals surface area contributed by atoms with Crippen LogP contribution in [0.15, 0.2) is 36.8 Å². The zero-order valence-corrected chi connectivity index (χ0v) is 20.3. The fourth-order valence-corrected chi connectivity index (χ4v) is 4.97. The molecule has 8 heteroatoms. The van der Waals surface area contributed by atoms with Crippen molar-refractivity contribution in [3.63, 3.8) is 0 Å². The molecule has 2 N–H and O–H groups in total. The molecule has 179 valence electrons. The van der Waals surface area contributed by atoms with E-state index in [1.807, 2.05) is 10.9 Å².